The van der Waals surface area contributed by atoms with Crippen LogP contribution in [-0.4, -0.2) is 16.5 Å². The number of hydrogen-bond acceptors (Lipinski definition) is 5. The van der Waals surface area contributed by atoms with Crippen molar-refractivity contribution in [2.75, 3.05) is 17.3 Å². The maximum absolute atomic E-state index is 5.49. The summed E-state index contributed by atoms with van der Waals surface area (Å²) in [5.41, 5.74) is 4.10. The van der Waals surface area contributed by atoms with Gasteiger partial charge in [-0.3, -0.25) is 0 Å². The van der Waals surface area contributed by atoms with Crippen molar-refractivity contribution >= 4 is 11.6 Å². The van der Waals surface area contributed by atoms with Crippen LogP contribution in [0.5, 0.6) is 0 Å². The van der Waals surface area contributed by atoms with Gasteiger partial charge in [-0.05, 0) is 24.7 Å². The molecule has 19 heavy (non-hydrogen) atoms. The SMILES string of the molecule is CCc1c(NN)ncnc1NCC1(C)CCCCC1. The van der Waals surface area contributed by atoms with Crippen LogP contribution in [0.1, 0.15) is 51.5 Å². The minimum absolute atomic E-state index is 0.393. The van der Waals surface area contributed by atoms with Crippen LogP contribution < -0.4 is 16.6 Å². The van der Waals surface area contributed by atoms with E-state index in [2.05, 4.69) is 34.6 Å². The van der Waals surface area contributed by atoms with E-state index in [1.807, 2.05) is 0 Å². The van der Waals surface area contributed by atoms with Crippen LogP contribution in [0.15, 0.2) is 6.33 Å². The van der Waals surface area contributed by atoms with Crippen LogP contribution in [0.2, 0.25) is 0 Å². The summed E-state index contributed by atoms with van der Waals surface area (Å²) in [6.45, 7) is 5.43. The summed E-state index contributed by atoms with van der Waals surface area (Å²) in [6.07, 6.45) is 9.09. The standard InChI is InChI=1S/C14H25N5/c1-3-11-12(17-10-18-13(11)19-15)16-9-14(2)7-5-4-6-8-14/h10H,3-9,15H2,1-2H3,(H2,16,17,18,19). The molecule has 0 saturated heterocycles. The Hall–Kier alpha value is -1.36. The first-order chi connectivity index (χ1) is 9.18. The van der Waals surface area contributed by atoms with E-state index in [4.69, 9.17) is 5.84 Å². The first-order valence-corrected chi connectivity index (χ1v) is 7.23. The van der Waals surface area contributed by atoms with Crippen LogP contribution in [-0.2, 0) is 6.42 Å². The van der Waals surface area contributed by atoms with Gasteiger partial charge in [-0.15, -0.1) is 0 Å². The zero-order chi connectivity index (χ0) is 13.7. The van der Waals surface area contributed by atoms with Crippen molar-refractivity contribution in [1.29, 1.82) is 0 Å². The molecule has 106 valence electrons. The van der Waals surface area contributed by atoms with Crippen LogP contribution >= 0.6 is 0 Å². The summed E-state index contributed by atoms with van der Waals surface area (Å²) in [4.78, 5) is 8.51. The van der Waals surface area contributed by atoms with E-state index in [-0.39, 0.29) is 0 Å². The van der Waals surface area contributed by atoms with E-state index in [0.717, 1.165) is 24.3 Å². The Morgan fingerprint density at radius 1 is 1.21 bits per heavy atom. The minimum atomic E-state index is 0.393. The van der Waals surface area contributed by atoms with Crippen LogP contribution in [0.25, 0.3) is 0 Å². The zero-order valence-corrected chi connectivity index (χ0v) is 12.0. The number of aromatic nitrogens is 2. The second-order valence-electron chi connectivity index (χ2n) is 5.77. The Labute approximate surface area is 115 Å². The predicted octanol–water partition coefficient (Wildman–Crippen LogP) is 2.71. The third kappa shape index (κ3) is 3.35. The molecule has 5 nitrogen and oxygen atoms in total. The molecule has 1 aliphatic rings. The number of nitrogens with two attached hydrogens (primary N) is 1. The molecule has 0 bridgehead atoms. The lowest BCUT2D eigenvalue weighted by Crippen LogP contribution is -2.29. The molecule has 0 aromatic carbocycles. The molecule has 1 aliphatic carbocycles. The molecule has 1 saturated carbocycles. The summed E-state index contributed by atoms with van der Waals surface area (Å²) in [5.74, 6) is 7.12. The molecule has 4 N–H and O–H groups in total. The fourth-order valence-corrected chi connectivity index (χ4v) is 2.90. The van der Waals surface area contributed by atoms with Crippen LogP contribution in [0.3, 0.4) is 0 Å². The quantitative estimate of drug-likeness (QED) is 0.562. The van der Waals surface area contributed by atoms with E-state index in [1.54, 1.807) is 6.33 Å². The smallest absolute Gasteiger partial charge is 0.148 e. The fraction of sp³-hybridized carbons (Fsp3) is 0.714. The second-order valence-corrected chi connectivity index (χ2v) is 5.77. The van der Waals surface area contributed by atoms with Gasteiger partial charge < -0.3 is 10.7 Å². The average Bonchev–Trinajstić information content (AvgIpc) is 2.45. The Balaban J connectivity index is 2.06. The van der Waals surface area contributed by atoms with Gasteiger partial charge in [0.2, 0.25) is 0 Å². The van der Waals surface area contributed by atoms with Gasteiger partial charge in [0.1, 0.15) is 18.0 Å². The summed E-state index contributed by atoms with van der Waals surface area (Å²) in [7, 11) is 0. The Kier molecular flexibility index (Phi) is 4.58. The largest absolute Gasteiger partial charge is 0.369 e. The molecule has 1 aromatic heterocycles. The number of anilines is 2. The second kappa shape index (κ2) is 6.19. The molecule has 0 aliphatic heterocycles. The Morgan fingerprint density at radius 2 is 1.89 bits per heavy atom. The summed E-state index contributed by atoms with van der Waals surface area (Å²) in [5, 5.41) is 3.50. The molecule has 5 heteroatoms. The van der Waals surface area contributed by atoms with Crippen molar-refractivity contribution in [3.8, 4) is 0 Å². The van der Waals surface area contributed by atoms with Crippen LogP contribution in [0, 0.1) is 5.41 Å². The molecule has 1 aromatic rings. The van der Waals surface area contributed by atoms with Gasteiger partial charge in [0.05, 0.1) is 0 Å². The molecule has 0 spiro atoms. The van der Waals surface area contributed by atoms with Gasteiger partial charge in [-0.25, -0.2) is 15.8 Å². The van der Waals surface area contributed by atoms with Crippen molar-refractivity contribution < 1.29 is 0 Å². The highest BCUT2D eigenvalue weighted by atomic mass is 15.3. The molecule has 1 fully saturated rings. The van der Waals surface area contributed by atoms with Crippen molar-refractivity contribution in [1.82, 2.24) is 9.97 Å². The average molecular weight is 263 g/mol. The Morgan fingerprint density at radius 3 is 2.53 bits per heavy atom. The molecule has 0 radical (unpaired) electrons. The number of hydrazine groups is 1. The highest BCUT2D eigenvalue weighted by molar-refractivity contribution is 5.56. The van der Waals surface area contributed by atoms with E-state index in [9.17, 15) is 0 Å². The van der Waals surface area contributed by atoms with Gasteiger partial charge >= 0.3 is 0 Å². The molecule has 0 amide bonds. The van der Waals surface area contributed by atoms with Gasteiger partial charge in [0.15, 0.2) is 0 Å². The minimum Gasteiger partial charge on any atom is -0.369 e. The van der Waals surface area contributed by atoms with Gasteiger partial charge in [0, 0.05) is 12.1 Å². The van der Waals surface area contributed by atoms with Crippen LogP contribution in [0.4, 0.5) is 11.6 Å². The molecule has 2 rings (SSSR count). The summed E-state index contributed by atoms with van der Waals surface area (Å²) >= 11 is 0. The number of nitrogens with zero attached hydrogens (tertiary/aromatic N) is 2. The third-order valence-electron chi connectivity index (χ3n) is 4.18. The van der Waals surface area contributed by atoms with E-state index < -0.39 is 0 Å². The number of nitrogens with one attached hydrogen (secondary N) is 2. The van der Waals surface area contributed by atoms with Gasteiger partial charge in [-0.2, -0.15) is 0 Å². The predicted molar refractivity (Wildman–Crippen MR) is 78.9 cm³/mol. The maximum Gasteiger partial charge on any atom is 0.148 e. The number of hydrogen-bond donors (Lipinski definition) is 3. The maximum atomic E-state index is 5.49. The lowest BCUT2D eigenvalue weighted by Gasteiger charge is -2.34. The summed E-state index contributed by atoms with van der Waals surface area (Å²) in [6, 6.07) is 0. The monoisotopic (exact) mass is 263 g/mol. The lowest BCUT2D eigenvalue weighted by atomic mass is 9.76. The fourth-order valence-electron chi connectivity index (χ4n) is 2.90. The van der Waals surface area contributed by atoms with Crippen molar-refractivity contribution in [3.05, 3.63) is 11.9 Å². The highest BCUT2D eigenvalue weighted by Gasteiger charge is 2.26. The van der Waals surface area contributed by atoms with Crippen molar-refractivity contribution in [3.63, 3.8) is 0 Å². The van der Waals surface area contributed by atoms with Crippen molar-refractivity contribution in [2.45, 2.75) is 52.4 Å². The van der Waals surface area contributed by atoms with E-state index in [0.29, 0.717) is 11.2 Å². The number of nitrogen functional groups attached to an aromatic ring is 1. The van der Waals surface area contributed by atoms with E-state index >= 15 is 0 Å². The normalized spacial score (nSPS) is 18.1. The summed E-state index contributed by atoms with van der Waals surface area (Å²) < 4.78 is 0. The van der Waals surface area contributed by atoms with Gasteiger partial charge in [0.25, 0.3) is 0 Å². The lowest BCUT2D eigenvalue weighted by molar-refractivity contribution is 0.233. The first kappa shape index (κ1) is 14.1. The first-order valence-electron chi connectivity index (χ1n) is 7.23. The number of rotatable bonds is 5. The van der Waals surface area contributed by atoms with Gasteiger partial charge in [-0.1, -0.05) is 33.1 Å². The third-order valence-corrected chi connectivity index (χ3v) is 4.18. The zero-order valence-electron chi connectivity index (χ0n) is 12.0. The molecule has 1 heterocycles. The topological polar surface area (TPSA) is 75.9 Å². The van der Waals surface area contributed by atoms with E-state index in [1.165, 1.54) is 32.1 Å². The highest BCUT2D eigenvalue weighted by Crippen LogP contribution is 2.36. The molecular formula is C14H25N5. The molecular weight excluding hydrogens is 238 g/mol. The molecule has 0 atom stereocenters. The van der Waals surface area contributed by atoms with Crippen molar-refractivity contribution in [2.24, 2.45) is 11.3 Å². The Bertz CT molecular complexity index is 412. The molecule has 0 unspecified atom stereocenters.